The molecule has 0 saturated carbocycles. The lowest BCUT2D eigenvalue weighted by atomic mass is 10.0. The van der Waals surface area contributed by atoms with Crippen LogP contribution in [0.15, 0.2) is 60.9 Å². The van der Waals surface area contributed by atoms with E-state index in [-0.39, 0.29) is 5.82 Å². The molecule has 0 spiro atoms. The van der Waals surface area contributed by atoms with E-state index in [2.05, 4.69) is 52.1 Å². The zero-order valence-electron chi connectivity index (χ0n) is 21.8. The van der Waals surface area contributed by atoms with Gasteiger partial charge in [0.15, 0.2) is 0 Å². The summed E-state index contributed by atoms with van der Waals surface area (Å²) in [5.74, 6) is -0.284. The van der Waals surface area contributed by atoms with E-state index in [1.165, 1.54) is 11.8 Å². The fraction of sp³-hybridized carbons (Fsp3) is 0.333. The fourth-order valence-corrected chi connectivity index (χ4v) is 5.05. The first-order valence-corrected chi connectivity index (χ1v) is 13.1. The maximum absolute atomic E-state index is 14.5. The highest BCUT2D eigenvalue weighted by molar-refractivity contribution is 5.99. The Hall–Kier alpha value is -3.71. The third-order valence-corrected chi connectivity index (χ3v) is 6.96. The molecule has 1 N–H and O–H groups in total. The molecule has 1 fully saturated rings. The Kier molecular flexibility index (Phi) is 7.51. The van der Waals surface area contributed by atoms with E-state index in [4.69, 9.17) is 9.72 Å². The van der Waals surface area contributed by atoms with Crippen LogP contribution >= 0.6 is 0 Å². The number of halogens is 1. The van der Waals surface area contributed by atoms with Crippen molar-refractivity contribution in [3.05, 3.63) is 72.3 Å². The van der Waals surface area contributed by atoms with Gasteiger partial charge in [-0.1, -0.05) is 6.92 Å². The number of anilines is 4. The fourth-order valence-electron chi connectivity index (χ4n) is 5.05. The van der Waals surface area contributed by atoms with Crippen LogP contribution < -0.4 is 15.1 Å². The minimum Gasteiger partial charge on any atom is -0.378 e. The van der Waals surface area contributed by atoms with Crippen LogP contribution in [0.1, 0.15) is 25.8 Å². The molecule has 37 heavy (non-hydrogen) atoms. The van der Waals surface area contributed by atoms with E-state index in [9.17, 15) is 4.39 Å². The van der Waals surface area contributed by atoms with Crippen molar-refractivity contribution in [2.75, 3.05) is 54.5 Å². The van der Waals surface area contributed by atoms with Gasteiger partial charge in [0, 0.05) is 55.2 Å². The molecule has 5 rings (SSSR count). The number of fused-ring (bicyclic) bond motifs is 1. The van der Waals surface area contributed by atoms with Crippen molar-refractivity contribution in [1.29, 1.82) is 0 Å². The number of ether oxygens (including phenoxy) is 1. The second-order valence-corrected chi connectivity index (χ2v) is 9.37. The Morgan fingerprint density at radius 1 is 1.08 bits per heavy atom. The second-order valence-electron chi connectivity index (χ2n) is 9.37. The van der Waals surface area contributed by atoms with Gasteiger partial charge in [-0.3, -0.25) is 4.98 Å². The van der Waals surface area contributed by atoms with Crippen LogP contribution in [0.4, 0.5) is 27.1 Å². The number of hydrogen-bond acceptors (Lipinski definition) is 6. The minimum atomic E-state index is -0.284. The Morgan fingerprint density at radius 2 is 1.92 bits per heavy atom. The summed E-state index contributed by atoms with van der Waals surface area (Å²) >= 11 is 0. The van der Waals surface area contributed by atoms with Gasteiger partial charge in [0.05, 0.1) is 41.5 Å². The predicted molar refractivity (Wildman–Crippen MR) is 151 cm³/mol. The number of aromatic nitrogens is 2. The molecule has 1 saturated heterocycles. The number of hydrogen-bond donors (Lipinski definition) is 1. The van der Waals surface area contributed by atoms with Gasteiger partial charge >= 0.3 is 0 Å². The molecule has 0 aliphatic carbocycles. The SMILES string of the molecule is CCCN(CC)c1ccc(N2CCOCC2)c(Nc2c(C)c(-c3cccnc3)nc3ccc(F)cc23)c1. The summed E-state index contributed by atoms with van der Waals surface area (Å²) in [5, 5.41) is 4.50. The van der Waals surface area contributed by atoms with Crippen molar-refractivity contribution >= 4 is 33.7 Å². The van der Waals surface area contributed by atoms with Crippen molar-refractivity contribution in [3.63, 3.8) is 0 Å². The molecular formula is C30H34FN5O. The summed E-state index contributed by atoms with van der Waals surface area (Å²) in [7, 11) is 0. The molecule has 1 aliphatic heterocycles. The number of benzene rings is 2. The maximum Gasteiger partial charge on any atom is 0.124 e. The monoisotopic (exact) mass is 499 g/mol. The van der Waals surface area contributed by atoms with Crippen molar-refractivity contribution in [2.24, 2.45) is 0 Å². The molecule has 3 heterocycles. The molecule has 0 radical (unpaired) electrons. The van der Waals surface area contributed by atoms with E-state index >= 15 is 0 Å². The average molecular weight is 500 g/mol. The Labute approximate surface area is 218 Å². The van der Waals surface area contributed by atoms with Gasteiger partial charge in [0.2, 0.25) is 0 Å². The zero-order valence-corrected chi connectivity index (χ0v) is 21.8. The first-order valence-electron chi connectivity index (χ1n) is 13.1. The molecule has 4 aromatic rings. The quantitative estimate of drug-likeness (QED) is 0.296. The molecule has 0 atom stereocenters. The summed E-state index contributed by atoms with van der Waals surface area (Å²) in [6.07, 6.45) is 4.64. The van der Waals surface area contributed by atoms with Crippen LogP contribution in [0.25, 0.3) is 22.2 Å². The largest absolute Gasteiger partial charge is 0.378 e. The number of nitrogens with one attached hydrogen (secondary N) is 1. The molecule has 2 aromatic carbocycles. The highest BCUT2D eigenvalue weighted by Crippen LogP contribution is 2.39. The van der Waals surface area contributed by atoms with Crippen LogP contribution in [0.5, 0.6) is 0 Å². The minimum absolute atomic E-state index is 0.284. The van der Waals surface area contributed by atoms with E-state index in [1.807, 2.05) is 25.3 Å². The summed E-state index contributed by atoms with van der Waals surface area (Å²) in [6.45, 7) is 11.4. The standard InChI is InChI=1S/C30H34FN5O/c1-4-13-35(5-2)24-9-11-28(36-14-16-37-17-15-36)27(19-24)34-30-21(3)29(22-7-6-12-32-20-22)33-26-10-8-23(31)18-25(26)30/h6-12,18-20H,4-5,13-17H2,1-3H3,(H,33,34). The third-order valence-electron chi connectivity index (χ3n) is 6.96. The second kappa shape index (κ2) is 11.1. The van der Waals surface area contributed by atoms with Crippen LogP contribution in [-0.4, -0.2) is 49.4 Å². The molecular weight excluding hydrogens is 465 g/mol. The lowest BCUT2D eigenvalue weighted by Gasteiger charge is -2.32. The average Bonchev–Trinajstić information content (AvgIpc) is 2.94. The van der Waals surface area contributed by atoms with Gasteiger partial charge in [-0.15, -0.1) is 0 Å². The lowest BCUT2D eigenvalue weighted by molar-refractivity contribution is 0.123. The number of rotatable bonds is 8. The lowest BCUT2D eigenvalue weighted by Crippen LogP contribution is -2.36. The van der Waals surface area contributed by atoms with E-state index in [0.29, 0.717) is 13.2 Å². The van der Waals surface area contributed by atoms with Gasteiger partial charge in [-0.05, 0) is 74.4 Å². The zero-order chi connectivity index (χ0) is 25.8. The Morgan fingerprint density at radius 3 is 2.65 bits per heavy atom. The van der Waals surface area contributed by atoms with Crippen LogP contribution in [0.3, 0.4) is 0 Å². The molecule has 0 unspecified atom stereocenters. The predicted octanol–water partition coefficient (Wildman–Crippen LogP) is 6.56. The molecule has 1 aliphatic rings. The van der Waals surface area contributed by atoms with Crippen molar-refractivity contribution in [1.82, 2.24) is 9.97 Å². The summed E-state index contributed by atoms with van der Waals surface area (Å²) in [6, 6.07) is 15.3. The first kappa shape index (κ1) is 25.0. The van der Waals surface area contributed by atoms with Crippen LogP contribution in [0.2, 0.25) is 0 Å². The van der Waals surface area contributed by atoms with Gasteiger partial charge in [0.25, 0.3) is 0 Å². The summed E-state index contributed by atoms with van der Waals surface area (Å²) in [4.78, 5) is 13.9. The van der Waals surface area contributed by atoms with E-state index in [1.54, 1.807) is 18.3 Å². The molecule has 0 amide bonds. The van der Waals surface area contributed by atoms with Crippen molar-refractivity contribution in [2.45, 2.75) is 27.2 Å². The summed E-state index contributed by atoms with van der Waals surface area (Å²) in [5.41, 5.74) is 7.57. The molecule has 2 aromatic heterocycles. The van der Waals surface area contributed by atoms with Crippen molar-refractivity contribution < 1.29 is 9.13 Å². The maximum atomic E-state index is 14.5. The number of pyridine rings is 2. The molecule has 6 nitrogen and oxygen atoms in total. The molecule has 0 bridgehead atoms. The van der Waals surface area contributed by atoms with Crippen molar-refractivity contribution in [3.8, 4) is 11.3 Å². The van der Waals surface area contributed by atoms with Gasteiger partial charge in [-0.25, -0.2) is 9.37 Å². The van der Waals surface area contributed by atoms with Crippen LogP contribution in [0, 0.1) is 12.7 Å². The van der Waals surface area contributed by atoms with Gasteiger partial charge in [-0.2, -0.15) is 0 Å². The number of morpholine rings is 1. The normalized spacial score (nSPS) is 13.7. The van der Waals surface area contributed by atoms with E-state index < -0.39 is 0 Å². The smallest absolute Gasteiger partial charge is 0.124 e. The van der Waals surface area contributed by atoms with E-state index in [0.717, 1.165) is 77.4 Å². The summed E-state index contributed by atoms with van der Waals surface area (Å²) < 4.78 is 20.1. The number of nitrogens with zero attached hydrogens (tertiary/aromatic N) is 4. The molecule has 7 heteroatoms. The van der Waals surface area contributed by atoms with Crippen LogP contribution in [-0.2, 0) is 4.74 Å². The molecule has 192 valence electrons. The highest BCUT2D eigenvalue weighted by Gasteiger charge is 2.20. The van der Waals surface area contributed by atoms with Gasteiger partial charge < -0.3 is 19.9 Å². The Bertz CT molecular complexity index is 1370. The first-order chi connectivity index (χ1) is 18.1. The van der Waals surface area contributed by atoms with Gasteiger partial charge in [0.1, 0.15) is 5.82 Å². The highest BCUT2D eigenvalue weighted by atomic mass is 19.1. The third kappa shape index (κ3) is 5.23. The Balaban J connectivity index is 1.68. The topological polar surface area (TPSA) is 53.5 Å².